The molecule has 0 unspecified atom stereocenters. The van der Waals surface area contributed by atoms with Gasteiger partial charge in [-0.25, -0.2) is 4.79 Å². The molecule has 0 saturated heterocycles. The third-order valence-electron chi connectivity index (χ3n) is 2.89. The summed E-state index contributed by atoms with van der Waals surface area (Å²) in [4.78, 5) is 11.7. The second-order valence-corrected chi connectivity index (χ2v) is 4.47. The monoisotopic (exact) mass is 283 g/mol. The van der Waals surface area contributed by atoms with Gasteiger partial charge < -0.3 is 10.5 Å². The van der Waals surface area contributed by atoms with E-state index in [0.717, 1.165) is 11.1 Å². The second-order valence-electron chi connectivity index (χ2n) is 4.47. The molecule has 2 aromatic carbocycles. The first kappa shape index (κ1) is 14.7. The van der Waals surface area contributed by atoms with E-state index in [1.165, 1.54) is 0 Å². The van der Waals surface area contributed by atoms with Crippen LogP contribution in [0.2, 0.25) is 0 Å². The number of carbonyl (C=O) groups is 1. The molecule has 0 aliphatic heterocycles. The summed E-state index contributed by atoms with van der Waals surface area (Å²) in [5.41, 5.74) is 7.93. The van der Waals surface area contributed by atoms with Gasteiger partial charge in [-0.1, -0.05) is 48.5 Å². The van der Waals surface area contributed by atoms with Gasteiger partial charge in [0.05, 0.1) is 0 Å². The molecule has 5 nitrogen and oxygen atoms in total. The topological polar surface area (TPSA) is 88.2 Å². The normalized spacial score (nSPS) is 9.95. The molecule has 0 bridgehead atoms. The zero-order valence-corrected chi connectivity index (χ0v) is 11.5. The Balaban J connectivity index is 1.88. The van der Waals surface area contributed by atoms with Crippen molar-refractivity contribution in [3.63, 3.8) is 0 Å². The number of nitrogens with one attached hydrogen (secondary N) is 2. The molecular formula is C16H17N3O2. The molecule has 2 aromatic rings. The van der Waals surface area contributed by atoms with E-state index in [0.29, 0.717) is 12.1 Å². The molecule has 21 heavy (non-hydrogen) atoms. The van der Waals surface area contributed by atoms with Gasteiger partial charge in [0.25, 0.3) is 0 Å². The molecule has 2 rings (SSSR count). The molecule has 0 heterocycles. The van der Waals surface area contributed by atoms with E-state index >= 15 is 0 Å². The van der Waals surface area contributed by atoms with Crippen molar-refractivity contribution < 1.29 is 9.53 Å². The lowest BCUT2D eigenvalue weighted by atomic mass is 10.1. The minimum absolute atomic E-state index is 0.0108. The first-order valence-electron chi connectivity index (χ1n) is 6.54. The van der Waals surface area contributed by atoms with Crippen molar-refractivity contribution in [3.05, 3.63) is 71.3 Å². The summed E-state index contributed by atoms with van der Waals surface area (Å²) in [5, 5.41) is 10.3. The molecule has 0 spiro atoms. The molecule has 5 heteroatoms. The first-order chi connectivity index (χ1) is 10.2. The van der Waals surface area contributed by atoms with Gasteiger partial charge in [-0.05, 0) is 17.2 Å². The average Bonchev–Trinajstić information content (AvgIpc) is 2.54. The lowest BCUT2D eigenvalue weighted by Gasteiger charge is -2.09. The Bertz CT molecular complexity index is 626. The van der Waals surface area contributed by atoms with Crippen LogP contribution in [-0.4, -0.2) is 11.9 Å². The molecule has 1 amide bonds. The fourth-order valence-electron chi connectivity index (χ4n) is 1.79. The van der Waals surface area contributed by atoms with Crippen molar-refractivity contribution in [1.82, 2.24) is 5.32 Å². The van der Waals surface area contributed by atoms with Crippen LogP contribution in [0.15, 0.2) is 54.6 Å². The van der Waals surface area contributed by atoms with Crippen LogP contribution in [0.25, 0.3) is 0 Å². The number of hydrogen-bond donors (Lipinski definition) is 3. The fraction of sp³-hybridized carbons (Fsp3) is 0.125. The van der Waals surface area contributed by atoms with Gasteiger partial charge in [-0.3, -0.25) is 10.7 Å². The number of alkyl carbamates (subject to hydrolysis) is 1. The van der Waals surface area contributed by atoms with E-state index in [-0.39, 0.29) is 12.4 Å². The molecule has 0 atom stereocenters. The Labute approximate surface area is 123 Å². The quantitative estimate of drug-likeness (QED) is 0.594. The van der Waals surface area contributed by atoms with E-state index in [1.54, 1.807) is 18.2 Å². The minimum atomic E-state index is -0.651. The number of amidine groups is 1. The van der Waals surface area contributed by atoms with Crippen molar-refractivity contribution in [2.75, 3.05) is 0 Å². The number of carbonyl (C=O) groups excluding carboxylic acids is 1. The Morgan fingerprint density at radius 2 is 1.81 bits per heavy atom. The summed E-state index contributed by atoms with van der Waals surface area (Å²) in [5.74, 6) is -0.0108. The van der Waals surface area contributed by atoms with E-state index in [4.69, 9.17) is 15.9 Å². The van der Waals surface area contributed by atoms with E-state index in [9.17, 15) is 4.79 Å². The van der Waals surface area contributed by atoms with Crippen LogP contribution >= 0.6 is 0 Å². The standard InChI is InChI=1S/C16H17N3O2/c17-10-13-7-4-8-14(9-13)15(18)19-16(20)21-11-12-5-2-1-3-6-12/h1-9H,10-11,17H2,(H2,18,19,20). The summed E-state index contributed by atoms with van der Waals surface area (Å²) >= 11 is 0. The summed E-state index contributed by atoms with van der Waals surface area (Å²) in [6.45, 7) is 0.558. The Morgan fingerprint density at radius 1 is 1.10 bits per heavy atom. The number of hydrogen-bond acceptors (Lipinski definition) is 4. The van der Waals surface area contributed by atoms with Gasteiger partial charge in [-0.2, -0.15) is 0 Å². The van der Waals surface area contributed by atoms with Gasteiger partial charge in [0.2, 0.25) is 0 Å². The molecule has 4 N–H and O–H groups in total. The summed E-state index contributed by atoms with van der Waals surface area (Å²) in [7, 11) is 0. The Morgan fingerprint density at radius 3 is 2.52 bits per heavy atom. The van der Waals surface area contributed by atoms with Crippen molar-refractivity contribution in [2.24, 2.45) is 5.73 Å². The third kappa shape index (κ3) is 4.43. The van der Waals surface area contributed by atoms with Gasteiger partial charge >= 0.3 is 6.09 Å². The van der Waals surface area contributed by atoms with Crippen LogP contribution in [0.5, 0.6) is 0 Å². The molecule has 108 valence electrons. The average molecular weight is 283 g/mol. The summed E-state index contributed by atoms with van der Waals surface area (Å²) < 4.78 is 5.06. The summed E-state index contributed by atoms with van der Waals surface area (Å²) in [6, 6.07) is 16.5. The number of rotatable bonds is 4. The molecule has 0 saturated carbocycles. The molecule has 0 aromatic heterocycles. The van der Waals surface area contributed by atoms with Crippen LogP contribution in [0, 0.1) is 5.41 Å². The maximum Gasteiger partial charge on any atom is 0.413 e. The van der Waals surface area contributed by atoms with Gasteiger partial charge in [0, 0.05) is 12.1 Å². The van der Waals surface area contributed by atoms with Gasteiger partial charge in [0.1, 0.15) is 12.4 Å². The van der Waals surface area contributed by atoms with Crippen molar-refractivity contribution in [1.29, 1.82) is 5.41 Å². The van der Waals surface area contributed by atoms with Gasteiger partial charge in [0.15, 0.2) is 0 Å². The largest absolute Gasteiger partial charge is 0.444 e. The third-order valence-corrected chi connectivity index (χ3v) is 2.89. The van der Waals surface area contributed by atoms with Gasteiger partial charge in [-0.15, -0.1) is 0 Å². The highest BCUT2D eigenvalue weighted by Crippen LogP contribution is 2.05. The maximum atomic E-state index is 11.7. The zero-order chi connectivity index (χ0) is 15.1. The Hall–Kier alpha value is -2.66. The van der Waals surface area contributed by atoms with Crippen LogP contribution in [-0.2, 0) is 17.9 Å². The predicted octanol–water partition coefficient (Wildman–Crippen LogP) is 2.40. The number of benzene rings is 2. The molecule has 0 aliphatic rings. The van der Waals surface area contributed by atoms with Crippen LogP contribution in [0.4, 0.5) is 4.79 Å². The molecule has 0 radical (unpaired) electrons. The van der Waals surface area contributed by atoms with E-state index in [1.807, 2.05) is 36.4 Å². The first-order valence-corrected chi connectivity index (χ1v) is 6.54. The minimum Gasteiger partial charge on any atom is -0.444 e. The van der Waals surface area contributed by atoms with Crippen molar-refractivity contribution in [2.45, 2.75) is 13.2 Å². The summed E-state index contributed by atoms with van der Waals surface area (Å²) in [6.07, 6.45) is -0.651. The predicted molar refractivity (Wildman–Crippen MR) is 80.9 cm³/mol. The molecular weight excluding hydrogens is 266 g/mol. The van der Waals surface area contributed by atoms with Crippen LogP contribution < -0.4 is 11.1 Å². The number of ether oxygens (including phenoxy) is 1. The number of amides is 1. The smallest absolute Gasteiger partial charge is 0.413 e. The highest BCUT2D eigenvalue weighted by Gasteiger charge is 2.08. The zero-order valence-electron chi connectivity index (χ0n) is 11.5. The molecule has 0 fully saturated rings. The fourth-order valence-corrected chi connectivity index (χ4v) is 1.79. The second kappa shape index (κ2) is 7.21. The van der Waals surface area contributed by atoms with E-state index in [2.05, 4.69) is 5.32 Å². The lowest BCUT2D eigenvalue weighted by molar-refractivity contribution is 0.145. The van der Waals surface area contributed by atoms with E-state index < -0.39 is 6.09 Å². The lowest BCUT2D eigenvalue weighted by Crippen LogP contribution is -2.31. The molecule has 0 aliphatic carbocycles. The van der Waals surface area contributed by atoms with Crippen molar-refractivity contribution in [3.8, 4) is 0 Å². The highest BCUT2D eigenvalue weighted by atomic mass is 16.5. The van der Waals surface area contributed by atoms with Crippen LogP contribution in [0.3, 0.4) is 0 Å². The SMILES string of the molecule is N=C(NC(=O)OCc1ccccc1)c1cccc(CN)c1. The maximum absolute atomic E-state index is 11.7. The highest BCUT2D eigenvalue weighted by molar-refractivity contribution is 6.04. The van der Waals surface area contributed by atoms with Crippen molar-refractivity contribution >= 4 is 11.9 Å². The number of nitrogens with two attached hydrogens (primary N) is 1. The Kier molecular flexibility index (Phi) is 5.06. The van der Waals surface area contributed by atoms with Crippen LogP contribution in [0.1, 0.15) is 16.7 Å².